The number of hydrogen-bond acceptors (Lipinski definition) is 3. The Morgan fingerprint density at radius 1 is 1.29 bits per heavy atom. The van der Waals surface area contributed by atoms with E-state index in [1.54, 1.807) is 5.48 Å². The number of halogens is 3. The Bertz CT molecular complexity index is 215. The van der Waals surface area contributed by atoms with Crippen molar-refractivity contribution in [1.29, 1.82) is 0 Å². The number of nitrogens with one attached hydrogen (secondary N) is 1. The number of hydroxylamine groups is 1. The third kappa shape index (κ3) is 8.98. The van der Waals surface area contributed by atoms with Crippen molar-refractivity contribution in [2.45, 2.75) is 25.9 Å². The number of Topliss-reactive ketones (excluding diaryl/α,β-unsaturated/α-hetero) is 1. The molecule has 4 nitrogen and oxygen atoms in total. The van der Waals surface area contributed by atoms with Gasteiger partial charge in [0.25, 0.3) is 0 Å². The van der Waals surface area contributed by atoms with E-state index in [4.69, 9.17) is 0 Å². The molecule has 0 aliphatic carbocycles. The highest BCUT2D eigenvalue weighted by Gasteiger charge is 2.28. The first-order chi connectivity index (χ1) is 6.31. The molecule has 0 aliphatic rings. The predicted molar refractivity (Wildman–Crippen MR) is 40.1 cm³/mol. The van der Waals surface area contributed by atoms with Gasteiger partial charge in [-0.1, -0.05) is 0 Å². The van der Waals surface area contributed by atoms with Crippen molar-refractivity contribution >= 4 is 11.7 Å². The average molecular weight is 213 g/mol. The highest BCUT2D eigenvalue weighted by atomic mass is 19.4. The first kappa shape index (κ1) is 12.9. The Labute approximate surface area is 78.4 Å². The SMILES string of the molecule is CC(=O)CCC(=O)NOCC(F)(F)F. The highest BCUT2D eigenvalue weighted by Crippen LogP contribution is 2.13. The van der Waals surface area contributed by atoms with E-state index >= 15 is 0 Å². The minimum absolute atomic E-state index is 0.0127. The van der Waals surface area contributed by atoms with E-state index in [1.807, 2.05) is 0 Å². The molecule has 0 spiro atoms. The zero-order valence-electron chi connectivity index (χ0n) is 7.48. The van der Waals surface area contributed by atoms with Gasteiger partial charge in [-0.3, -0.25) is 9.63 Å². The van der Waals surface area contributed by atoms with Gasteiger partial charge in [-0.05, 0) is 6.92 Å². The molecular weight excluding hydrogens is 203 g/mol. The summed E-state index contributed by atoms with van der Waals surface area (Å²) in [6.07, 6.45) is -4.66. The van der Waals surface area contributed by atoms with Crippen molar-refractivity contribution < 1.29 is 27.6 Å². The summed E-state index contributed by atoms with van der Waals surface area (Å²) in [6, 6.07) is 0. The summed E-state index contributed by atoms with van der Waals surface area (Å²) in [4.78, 5) is 24.9. The standard InChI is InChI=1S/C7H10F3NO3/c1-5(12)2-3-6(13)11-14-4-7(8,9)10/h2-4H2,1H3,(H,11,13). The fourth-order valence-electron chi connectivity index (χ4n) is 0.539. The van der Waals surface area contributed by atoms with E-state index < -0.39 is 18.7 Å². The van der Waals surface area contributed by atoms with E-state index in [2.05, 4.69) is 4.84 Å². The Morgan fingerprint density at radius 2 is 1.86 bits per heavy atom. The van der Waals surface area contributed by atoms with Crippen molar-refractivity contribution in [1.82, 2.24) is 5.48 Å². The van der Waals surface area contributed by atoms with E-state index in [-0.39, 0.29) is 18.6 Å². The van der Waals surface area contributed by atoms with Crippen molar-refractivity contribution in [2.75, 3.05) is 6.61 Å². The molecule has 0 rings (SSSR count). The lowest BCUT2D eigenvalue weighted by atomic mass is 10.2. The maximum Gasteiger partial charge on any atom is 0.414 e. The zero-order chi connectivity index (χ0) is 11.2. The molecule has 1 amide bonds. The van der Waals surface area contributed by atoms with Gasteiger partial charge in [0.15, 0.2) is 6.61 Å². The molecule has 7 heteroatoms. The quantitative estimate of drug-likeness (QED) is 0.692. The summed E-state index contributed by atoms with van der Waals surface area (Å²) in [7, 11) is 0. The van der Waals surface area contributed by atoms with Gasteiger partial charge < -0.3 is 4.79 Å². The maximum absolute atomic E-state index is 11.5. The lowest BCUT2D eigenvalue weighted by Crippen LogP contribution is -2.29. The van der Waals surface area contributed by atoms with Crippen LogP contribution in [0.25, 0.3) is 0 Å². The lowest BCUT2D eigenvalue weighted by Gasteiger charge is -2.07. The number of alkyl halides is 3. The molecule has 0 radical (unpaired) electrons. The van der Waals surface area contributed by atoms with Crippen LogP contribution < -0.4 is 5.48 Å². The van der Waals surface area contributed by atoms with Crippen LogP contribution in [0.1, 0.15) is 19.8 Å². The molecule has 0 heterocycles. The molecule has 14 heavy (non-hydrogen) atoms. The lowest BCUT2D eigenvalue weighted by molar-refractivity contribution is -0.191. The molecule has 0 bridgehead atoms. The van der Waals surface area contributed by atoms with Crippen LogP contribution in [0.2, 0.25) is 0 Å². The maximum atomic E-state index is 11.5. The molecule has 0 saturated heterocycles. The Kier molecular flexibility index (Phi) is 5.14. The topological polar surface area (TPSA) is 55.4 Å². The van der Waals surface area contributed by atoms with Crippen LogP contribution in [0, 0.1) is 0 Å². The minimum atomic E-state index is -4.48. The summed E-state index contributed by atoms with van der Waals surface area (Å²) < 4.78 is 34.5. The fraction of sp³-hybridized carbons (Fsp3) is 0.714. The van der Waals surface area contributed by atoms with Crippen LogP contribution in [-0.4, -0.2) is 24.5 Å². The summed E-state index contributed by atoms with van der Waals surface area (Å²) in [5, 5.41) is 0. The summed E-state index contributed by atoms with van der Waals surface area (Å²) >= 11 is 0. The van der Waals surface area contributed by atoms with Crippen LogP contribution in [0.15, 0.2) is 0 Å². The third-order valence-corrected chi connectivity index (χ3v) is 1.13. The second-order valence-corrected chi connectivity index (χ2v) is 2.63. The van der Waals surface area contributed by atoms with Crippen molar-refractivity contribution in [3.63, 3.8) is 0 Å². The number of hydrogen-bond donors (Lipinski definition) is 1. The van der Waals surface area contributed by atoms with E-state index in [9.17, 15) is 22.8 Å². The van der Waals surface area contributed by atoms with Crippen LogP contribution in [0.5, 0.6) is 0 Å². The summed E-state index contributed by atoms with van der Waals surface area (Å²) in [5.74, 6) is -0.958. The molecule has 0 aromatic rings. The van der Waals surface area contributed by atoms with Crippen molar-refractivity contribution in [2.24, 2.45) is 0 Å². The molecule has 0 unspecified atom stereocenters. The smallest absolute Gasteiger partial charge is 0.300 e. The van der Waals surface area contributed by atoms with Gasteiger partial charge in [0.2, 0.25) is 5.91 Å². The number of ketones is 1. The first-order valence-electron chi connectivity index (χ1n) is 3.78. The zero-order valence-corrected chi connectivity index (χ0v) is 7.48. The molecule has 82 valence electrons. The molecule has 0 fully saturated rings. The fourth-order valence-corrected chi connectivity index (χ4v) is 0.539. The number of carbonyl (C=O) groups excluding carboxylic acids is 2. The molecule has 0 aliphatic heterocycles. The van der Waals surface area contributed by atoms with E-state index in [0.717, 1.165) is 0 Å². The van der Waals surface area contributed by atoms with Gasteiger partial charge >= 0.3 is 6.18 Å². The highest BCUT2D eigenvalue weighted by molar-refractivity contribution is 5.82. The molecular formula is C7H10F3NO3. The average Bonchev–Trinajstić information content (AvgIpc) is 1.98. The van der Waals surface area contributed by atoms with Crippen LogP contribution in [0.3, 0.4) is 0 Å². The monoisotopic (exact) mass is 213 g/mol. The molecule has 0 atom stereocenters. The third-order valence-electron chi connectivity index (χ3n) is 1.13. The van der Waals surface area contributed by atoms with Crippen LogP contribution >= 0.6 is 0 Å². The van der Waals surface area contributed by atoms with E-state index in [1.165, 1.54) is 6.92 Å². The summed E-state index contributed by atoms with van der Waals surface area (Å²) in [5.41, 5.74) is 1.58. The van der Waals surface area contributed by atoms with Gasteiger partial charge in [-0.25, -0.2) is 5.48 Å². The molecule has 1 N–H and O–H groups in total. The predicted octanol–water partition coefficient (Wildman–Crippen LogP) is 0.966. The minimum Gasteiger partial charge on any atom is -0.300 e. The first-order valence-corrected chi connectivity index (χ1v) is 3.78. The number of carbonyl (C=O) groups is 2. The van der Waals surface area contributed by atoms with Gasteiger partial charge in [-0.2, -0.15) is 13.2 Å². The Balaban J connectivity index is 3.50. The van der Waals surface area contributed by atoms with Crippen molar-refractivity contribution in [3.05, 3.63) is 0 Å². The second kappa shape index (κ2) is 5.58. The van der Waals surface area contributed by atoms with Crippen LogP contribution in [0.4, 0.5) is 13.2 Å². The Hall–Kier alpha value is -1.11. The molecule has 0 aromatic carbocycles. The molecule has 0 saturated carbocycles. The van der Waals surface area contributed by atoms with Crippen LogP contribution in [-0.2, 0) is 14.4 Å². The van der Waals surface area contributed by atoms with Gasteiger partial charge in [0, 0.05) is 12.8 Å². The number of rotatable bonds is 5. The summed E-state index contributed by atoms with van der Waals surface area (Å²) in [6.45, 7) is -0.261. The second-order valence-electron chi connectivity index (χ2n) is 2.63. The van der Waals surface area contributed by atoms with Gasteiger partial charge in [0.05, 0.1) is 0 Å². The van der Waals surface area contributed by atoms with Gasteiger partial charge in [-0.15, -0.1) is 0 Å². The molecule has 0 aromatic heterocycles. The normalized spacial score (nSPS) is 11.1. The van der Waals surface area contributed by atoms with Crippen molar-refractivity contribution in [3.8, 4) is 0 Å². The number of amides is 1. The van der Waals surface area contributed by atoms with Gasteiger partial charge in [0.1, 0.15) is 5.78 Å². The van der Waals surface area contributed by atoms with E-state index in [0.29, 0.717) is 0 Å². The largest absolute Gasteiger partial charge is 0.414 e. The Morgan fingerprint density at radius 3 is 2.29 bits per heavy atom.